The van der Waals surface area contributed by atoms with Gasteiger partial charge in [0.25, 0.3) is 0 Å². The maximum absolute atomic E-state index is 13.0. The first-order valence-electron chi connectivity index (χ1n) is 8.15. The summed E-state index contributed by atoms with van der Waals surface area (Å²) in [5.74, 6) is -0.435. The van der Waals surface area contributed by atoms with Crippen LogP contribution in [0.1, 0.15) is 48.5 Å². The molecule has 1 amide bonds. The Hall–Kier alpha value is -1.66. The number of esters is 2. The van der Waals surface area contributed by atoms with Crippen molar-refractivity contribution in [1.29, 1.82) is 0 Å². The molecule has 8 nitrogen and oxygen atoms in total. The highest BCUT2D eigenvalue weighted by Crippen LogP contribution is 2.48. The van der Waals surface area contributed by atoms with Crippen LogP contribution in [0.15, 0.2) is 11.9 Å². The molecule has 0 aliphatic heterocycles. The maximum atomic E-state index is 13.0. The Kier molecular flexibility index (Phi) is 8.73. The molecule has 0 aromatic rings. The van der Waals surface area contributed by atoms with Crippen molar-refractivity contribution in [3.05, 3.63) is 11.9 Å². The normalized spacial score (nSPS) is 12.8. The summed E-state index contributed by atoms with van der Waals surface area (Å²) in [5.41, 5.74) is -1.54. The summed E-state index contributed by atoms with van der Waals surface area (Å²) in [6.45, 7) is 10.9. The first-order chi connectivity index (χ1) is 11.6. The molecule has 0 atom stereocenters. The zero-order chi connectivity index (χ0) is 20.8. The summed E-state index contributed by atoms with van der Waals surface area (Å²) in [4.78, 5) is 34.8. The molecule has 0 aromatic carbocycles. The van der Waals surface area contributed by atoms with Crippen molar-refractivity contribution in [3.8, 4) is 0 Å². The molecule has 0 unspecified atom stereocenters. The molecule has 0 bridgehead atoms. The van der Waals surface area contributed by atoms with Crippen LogP contribution in [0, 0.1) is 10.8 Å². The van der Waals surface area contributed by atoms with Crippen LogP contribution in [0.4, 0.5) is 0 Å². The fourth-order valence-corrected chi connectivity index (χ4v) is 2.76. The van der Waals surface area contributed by atoms with E-state index in [1.807, 2.05) is 0 Å². The summed E-state index contributed by atoms with van der Waals surface area (Å²) in [7, 11) is -3.37. The summed E-state index contributed by atoms with van der Waals surface area (Å²) in [5, 5.41) is 9.78. The van der Waals surface area contributed by atoms with Crippen LogP contribution in [0.2, 0.25) is 0 Å². The molecule has 0 saturated carbocycles. The zero-order valence-electron chi connectivity index (χ0n) is 16.6. The summed E-state index contributed by atoms with van der Waals surface area (Å²) >= 11 is 0. The van der Waals surface area contributed by atoms with Crippen molar-refractivity contribution >= 4 is 25.0 Å². The molecule has 0 spiro atoms. The van der Waals surface area contributed by atoms with Crippen LogP contribution in [0.3, 0.4) is 0 Å². The van der Waals surface area contributed by atoms with Gasteiger partial charge in [0.05, 0.1) is 17.4 Å². The molecule has 0 rings (SSSR count). The molecule has 0 aliphatic carbocycles. The second-order valence-corrected chi connectivity index (χ2v) is 10.8. The number of hydroxylamine groups is 2. The van der Waals surface area contributed by atoms with E-state index in [9.17, 15) is 24.2 Å². The fourth-order valence-electron chi connectivity index (χ4n) is 1.36. The van der Waals surface area contributed by atoms with E-state index in [-0.39, 0.29) is 6.54 Å². The van der Waals surface area contributed by atoms with Crippen molar-refractivity contribution in [2.24, 2.45) is 10.8 Å². The molecule has 0 aromatic heterocycles. The van der Waals surface area contributed by atoms with Gasteiger partial charge in [0.1, 0.15) is 0 Å². The predicted molar refractivity (Wildman–Crippen MR) is 96.7 cm³/mol. The van der Waals surface area contributed by atoms with Crippen LogP contribution >= 0.6 is 7.14 Å². The van der Waals surface area contributed by atoms with Crippen molar-refractivity contribution in [2.75, 3.05) is 19.2 Å². The molecule has 0 heterocycles. The molecular weight excluding hydrogens is 361 g/mol. The molecular formula is C17H30NO7P. The van der Waals surface area contributed by atoms with Gasteiger partial charge in [-0.1, -0.05) is 6.08 Å². The van der Waals surface area contributed by atoms with E-state index in [1.54, 1.807) is 41.5 Å². The van der Waals surface area contributed by atoms with Gasteiger partial charge in [-0.25, -0.2) is 5.06 Å². The van der Waals surface area contributed by atoms with E-state index in [4.69, 9.17) is 9.47 Å². The SMILES string of the molecule is CC(=O)N(O)C/C=C/P(=O)(COC(=O)C(C)(C)C)COC(=O)C(C)(C)C. The van der Waals surface area contributed by atoms with E-state index >= 15 is 0 Å². The predicted octanol–water partition coefficient (Wildman–Crippen LogP) is 3.19. The molecule has 150 valence electrons. The van der Waals surface area contributed by atoms with Gasteiger partial charge in [-0.3, -0.25) is 19.6 Å². The number of carbonyl (C=O) groups excluding carboxylic acids is 3. The Morgan fingerprint density at radius 3 is 1.65 bits per heavy atom. The first kappa shape index (κ1) is 24.3. The third-order valence-electron chi connectivity index (χ3n) is 3.07. The van der Waals surface area contributed by atoms with Crippen molar-refractivity contribution in [2.45, 2.75) is 48.5 Å². The monoisotopic (exact) mass is 391 g/mol. The fraction of sp³-hybridized carbons (Fsp3) is 0.706. The maximum Gasteiger partial charge on any atom is 0.311 e. The zero-order valence-corrected chi connectivity index (χ0v) is 17.5. The van der Waals surface area contributed by atoms with E-state index in [1.165, 1.54) is 18.8 Å². The number of carbonyl (C=O) groups is 3. The van der Waals surface area contributed by atoms with Crippen molar-refractivity contribution < 1.29 is 33.6 Å². The molecule has 0 fully saturated rings. The number of hydrogen-bond donors (Lipinski definition) is 1. The number of rotatable bonds is 7. The lowest BCUT2D eigenvalue weighted by atomic mass is 9.98. The number of hydrogen-bond acceptors (Lipinski definition) is 7. The third kappa shape index (κ3) is 9.15. The largest absolute Gasteiger partial charge is 0.457 e. The van der Waals surface area contributed by atoms with Crippen LogP contribution < -0.4 is 0 Å². The number of nitrogens with zero attached hydrogens (tertiary/aromatic N) is 1. The first-order valence-corrected chi connectivity index (χ1v) is 10.3. The quantitative estimate of drug-likeness (QED) is 0.307. The van der Waals surface area contributed by atoms with E-state index in [0.29, 0.717) is 5.06 Å². The van der Waals surface area contributed by atoms with Crippen LogP contribution in [-0.4, -0.2) is 47.4 Å². The Morgan fingerprint density at radius 2 is 1.35 bits per heavy atom. The minimum absolute atomic E-state index is 0.195. The average Bonchev–Trinajstić information content (AvgIpc) is 2.48. The summed E-state index contributed by atoms with van der Waals surface area (Å²) in [6, 6.07) is 0. The van der Waals surface area contributed by atoms with Crippen molar-refractivity contribution in [1.82, 2.24) is 5.06 Å². The number of amides is 1. The van der Waals surface area contributed by atoms with Crippen LogP contribution in [0.25, 0.3) is 0 Å². The lowest BCUT2D eigenvalue weighted by molar-refractivity contribution is -0.160. The van der Waals surface area contributed by atoms with Gasteiger partial charge in [0.15, 0.2) is 19.8 Å². The Bertz CT molecular complexity index is 565. The Morgan fingerprint density at radius 1 is 0.962 bits per heavy atom. The van der Waals surface area contributed by atoms with Gasteiger partial charge >= 0.3 is 11.9 Å². The smallest absolute Gasteiger partial charge is 0.311 e. The lowest BCUT2D eigenvalue weighted by Crippen LogP contribution is -2.26. The molecule has 9 heteroatoms. The van der Waals surface area contributed by atoms with E-state index in [0.717, 1.165) is 0 Å². The van der Waals surface area contributed by atoms with Crippen LogP contribution in [-0.2, 0) is 28.4 Å². The molecule has 26 heavy (non-hydrogen) atoms. The van der Waals surface area contributed by atoms with Gasteiger partial charge in [-0.2, -0.15) is 0 Å². The summed E-state index contributed by atoms with van der Waals surface area (Å²) < 4.78 is 23.2. The Labute approximate surface area is 154 Å². The average molecular weight is 391 g/mol. The minimum Gasteiger partial charge on any atom is -0.457 e. The topological polar surface area (TPSA) is 110 Å². The van der Waals surface area contributed by atoms with Gasteiger partial charge in [0, 0.05) is 6.92 Å². The molecule has 1 N–H and O–H groups in total. The lowest BCUT2D eigenvalue weighted by Gasteiger charge is -2.22. The molecule has 0 aliphatic rings. The second kappa shape index (κ2) is 9.33. The van der Waals surface area contributed by atoms with Gasteiger partial charge in [-0.15, -0.1) is 0 Å². The molecule has 0 saturated heterocycles. The molecule has 0 radical (unpaired) electrons. The van der Waals surface area contributed by atoms with Crippen molar-refractivity contribution in [3.63, 3.8) is 0 Å². The second-order valence-electron chi connectivity index (χ2n) is 8.06. The highest BCUT2D eigenvalue weighted by atomic mass is 31.2. The van der Waals surface area contributed by atoms with Gasteiger partial charge in [0.2, 0.25) is 5.91 Å². The van der Waals surface area contributed by atoms with Crippen LogP contribution in [0.5, 0.6) is 0 Å². The standard InChI is InChI=1S/C17H30NO7P/c1-13(19)18(22)9-8-10-26(23,11-24-14(20)16(2,3)4)12-25-15(21)17(5,6)7/h8,10,22H,9,11-12H2,1-7H3/b10-8+. The van der Waals surface area contributed by atoms with Gasteiger partial charge < -0.3 is 14.0 Å². The Balaban J connectivity index is 5.16. The number of ether oxygens (including phenoxy) is 2. The highest BCUT2D eigenvalue weighted by Gasteiger charge is 2.30. The summed E-state index contributed by atoms with van der Waals surface area (Å²) in [6.07, 6.45) is 0.420. The van der Waals surface area contributed by atoms with E-state index in [2.05, 4.69) is 0 Å². The van der Waals surface area contributed by atoms with Gasteiger partial charge in [-0.05, 0) is 47.4 Å². The minimum atomic E-state index is -3.37. The van der Waals surface area contributed by atoms with E-state index < -0.39 is 48.5 Å². The highest BCUT2D eigenvalue weighted by molar-refractivity contribution is 7.66. The third-order valence-corrected chi connectivity index (χ3v) is 4.96.